The average Bonchev–Trinajstić information content (AvgIpc) is 3.30. The molecule has 1 aromatic carbocycles. The van der Waals surface area contributed by atoms with Crippen LogP contribution in [0.2, 0.25) is 0 Å². The molecule has 4 rings (SSSR count). The lowest BCUT2D eigenvalue weighted by molar-refractivity contribution is -0.145. The van der Waals surface area contributed by atoms with Crippen LogP contribution in [0.1, 0.15) is 65.0 Å². The van der Waals surface area contributed by atoms with Gasteiger partial charge in [-0.05, 0) is 46.9 Å². The van der Waals surface area contributed by atoms with Crippen LogP contribution in [0.15, 0.2) is 29.5 Å². The molecule has 0 saturated carbocycles. The molecule has 3 amide bonds. The van der Waals surface area contributed by atoms with Gasteiger partial charge < -0.3 is 25.7 Å². The summed E-state index contributed by atoms with van der Waals surface area (Å²) in [4.78, 5) is 59.6. The van der Waals surface area contributed by atoms with E-state index in [1.807, 2.05) is 45.9 Å². The Labute approximate surface area is 240 Å². The number of rotatable bonds is 6. The van der Waals surface area contributed by atoms with Crippen LogP contribution in [0.25, 0.3) is 21.3 Å². The molecule has 12 nitrogen and oxygen atoms in total. The number of hydrogen-bond acceptors (Lipinski definition) is 6. The quantitative estimate of drug-likeness (QED) is 0.137. The monoisotopic (exact) mass is 567 g/mol. The third-order valence-electron chi connectivity index (χ3n) is 7.49. The Bertz CT molecular complexity index is 1330. The van der Waals surface area contributed by atoms with Gasteiger partial charge in [-0.2, -0.15) is 0 Å². The minimum atomic E-state index is -1.13. The Morgan fingerprint density at radius 1 is 1.02 bits per heavy atom. The van der Waals surface area contributed by atoms with Crippen molar-refractivity contribution >= 4 is 34.6 Å². The highest BCUT2D eigenvalue weighted by molar-refractivity contribution is 5.95. The number of methoxy groups -OCH3 is 1. The molecule has 3 heterocycles. The molecular formula is C29H41N7O5. The van der Waals surface area contributed by atoms with Crippen molar-refractivity contribution in [1.29, 1.82) is 0 Å². The van der Waals surface area contributed by atoms with E-state index in [0.717, 1.165) is 22.0 Å². The summed E-state index contributed by atoms with van der Waals surface area (Å²) in [6.45, 7) is 11.3. The number of benzene rings is 1. The second kappa shape index (κ2) is 13.5. The molecular weight excluding hydrogens is 526 g/mol. The van der Waals surface area contributed by atoms with E-state index in [-0.39, 0.29) is 24.2 Å². The van der Waals surface area contributed by atoms with Gasteiger partial charge in [-0.25, -0.2) is 4.79 Å². The first kappa shape index (κ1) is 31.5. The molecule has 4 N–H and O–H groups in total. The summed E-state index contributed by atoms with van der Waals surface area (Å²) in [7, 11) is 1.26. The van der Waals surface area contributed by atoms with Crippen molar-refractivity contribution in [3.63, 3.8) is 0 Å². The zero-order chi connectivity index (χ0) is 30.4. The molecule has 12 heteroatoms. The third-order valence-corrected chi connectivity index (χ3v) is 7.49. The lowest BCUT2D eigenvalue weighted by atomic mass is 9.81. The van der Waals surface area contributed by atoms with E-state index in [0.29, 0.717) is 6.42 Å². The van der Waals surface area contributed by atoms with Gasteiger partial charge in [0.1, 0.15) is 24.2 Å². The number of fused-ring (bicyclic) bond motifs is 12. The number of amides is 3. The minimum absolute atomic E-state index is 0.0262. The number of nitrogens with one attached hydrogen (secondary N) is 4. The summed E-state index contributed by atoms with van der Waals surface area (Å²) in [6.07, 6.45) is 2.21. The molecule has 41 heavy (non-hydrogen) atoms. The highest BCUT2D eigenvalue weighted by atomic mass is 16.5. The summed E-state index contributed by atoms with van der Waals surface area (Å²) >= 11 is 0. The molecule has 2 aliphatic rings. The smallest absolute Gasteiger partial charge is 0.328 e. The van der Waals surface area contributed by atoms with Crippen LogP contribution in [0.4, 0.5) is 0 Å². The van der Waals surface area contributed by atoms with Crippen molar-refractivity contribution in [1.82, 2.24) is 20.9 Å². The predicted octanol–water partition coefficient (Wildman–Crippen LogP) is 3.47. The van der Waals surface area contributed by atoms with E-state index in [1.165, 1.54) is 7.11 Å². The van der Waals surface area contributed by atoms with Gasteiger partial charge in [-0.1, -0.05) is 58.8 Å². The highest BCUT2D eigenvalue weighted by Crippen LogP contribution is 2.33. The summed E-state index contributed by atoms with van der Waals surface area (Å²) in [5, 5.41) is 13.1. The average molecular weight is 568 g/mol. The summed E-state index contributed by atoms with van der Waals surface area (Å²) in [6, 6.07) is 1.55. The number of carbonyl (C=O) groups is 4. The number of aromatic amines is 1. The number of azide groups is 1. The van der Waals surface area contributed by atoms with Gasteiger partial charge in [0.15, 0.2) is 0 Å². The molecule has 0 radical (unpaired) electrons. The summed E-state index contributed by atoms with van der Waals surface area (Å²) < 4.78 is 4.99. The van der Waals surface area contributed by atoms with Gasteiger partial charge in [0.25, 0.3) is 0 Å². The number of aromatic nitrogens is 1. The standard InChI is InChI=1S/C29H41N7O5/c1-14(2)10-21-26(37)34-24(16(5)6)27(38)33-22(29(40)41-7)12-18-13-31-20-11-17(8-9-19(18)20)23(15(3)4)25(35-36-30)28(39)32-21/h8-9,11,13-16,21-25,31H,10,12H2,1-7H3,(H,32,39)(H,33,38)(H,34,37)/t21-,22-,23+,24-,25-/m0/s1. The topological polar surface area (TPSA) is 178 Å². The van der Waals surface area contributed by atoms with Crippen molar-refractivity contribution in [3.8, 4) is 0 Å². The second-order valence-electron chi connectivity index (χ2n) is 11.7. The lowest BCUT2D eigenvalue weighted by Crippen LogP contribution is -2.58. The molecule has 2 aromatic rings. The van der Waals surface area contributed by atoms with Crippen LogP contribution in [0.3, 0.4) is 0 Å². The van der Waals surface area contributed by atoms with E-state index in [2.05, 4.69) is 31.0 Å². The lowest BCUT2D eigenvalue weighted by Gasteiger charge is -2.30. The van der Waals surface area contributed by atoms with E-state index in [4.69, 9.17) is 4.74 Å². The van der Waals surface area contributed by atoms with Gasteiger partial charge in [0, 0.05) is 34.4 Å². The number of nitrogens with zero attached hydrogens (tertiary/aromatic N) is 3. The number of carbonyl (C=O) groups excluding carboxylic acids is 4. The van der Waals surface area contributed by atoms with Crippen LogP contribution in [0, 0.1) is 17.8 Å². The Morgan fingerprint density at radius 2 is 1.73 bits per heavy atom. The predicted molar refractivity (Wildman–Crippen MR) is 155 cm³/mol. The molecule has 0 fully saturated rings. The number of esters is 1. The van der Waals surface area contributed by atoms with Crippen molar-refractivity contribution in [2.24, 2.45) is 22.9 Å². The largest absolute Gasteiger partial charge is 0.467 e. The fourth-order valence-corrected chi connectivity index (χ4v) is 5.42. The van der Waals surface area contributed by atoms with Gasteiger partial charge in [0.2, 0.25) is 17.7 Å². The van der Waals surface area contributed by atoms with E-state index in [1.54, 1.807) is 20.0 Å². The fourth-order valence-electron chi connectivity index (χ4n) is 5.42. The number of ether oxygens (including phenoxy) is 1. The zero-order valence-electron chi connectivity index (χ0n) is 24.7. The molecule has 2 aliphatic heterocycles. The maximum Gasteiger partial charge on any atom is 0.328 e. The van der Waals surface area contributed by atoms with E-state index in [9.17, 15) is 24.7 Å². The first-order valence-electron chi connectivity index (χ1n) is 14.0. The molecule has 0 unspecified atom stereocenters. The first-order chi connectivity index (χ1) is 19.4. The molecule has 1 aromatic heterocycles. The minimum Gasteiger partial charge on any atom is -0.467 e. The second-order valence-corrected chi connectivity index (χ2v) is 11.7. The maximum absolute atomic E-state index is 13.7. The summed E-state index contributed by atoms with van der Waals surface area (Å²) in [5.74, 6) is -3.17. The SMILES string of the molecule is COC(=O)[C@@H]1Cc2c[nH]c3cc(ccc23)[C@@H](C(C)C)[C@H](N=[N+]=[N-])C(=O)N[C@@H](CC(C)C)C(=O)N[C@@H](C(C)C)C(=O)N1. The van der Waals surface area contributed by atoms with Crippen molar-refractivity contribution in [2.45, 2.75) is 84.5 Å². The van der Waals surface area contributed by atoms with Gasteiger partial charge >= 0.3 is 5.97 Å². The van der Waals surface area contributed by atoms with Gasteiger partial charge in [0.05, 0.1) is 7.11 Å². The highest BCUT2D eigenvalue weighted by Gasteiger charge is 2.36. The zero-order valence-corrected chi connectivity index (χ0v) is 24.7. The Morgan fingerprint density at radius 3 is 2.32 bits per heavy atom. The number of H-pyrrole nitrogens is 1. The third kappa shape index (κ3) is 7.38. The normalized spacial score (nSPS) is 24.2. The van der Waals surface area contributed by atoms with Crippen LogP contribution in [-0.4, -0.2) is 60.0 Å². The van der Waals surface area contributed by atoms with Crippen LogP contribution < -0.4 is 16.0 Å². The van der Waals surface area contributed by atoms with Crippen LogP contribution >= 0.6 is 0 Å². The molecule has 0 aliphatic carbocycles. The first-order valence-corrected chi connectivity index (χ1v) is 14.0. The fraction of sp³-hybridized carbons (Fsp3) is 0.586. The molecule has 4 bridgehead atoms. The van der Waals surface area contributed by atoms with Crippen LogP contribution in [-0.2, 0) is 30.3 Å². The maximum atomic E-state index is 13.7. The molecule has 0 spiro atoms. The number of hydrogen-bond donors (Lipinski definition) is 4. The molecule has 222 valence electrons. The summed E-state index contributed by atoms with van der Waals surface area (Å²) in [5.41, 5.74) is 11.7. The van der Waals surface area contributed by atoms with Gasteiger partial charge in [-0.3, -0.25) is 14.4 Å². The Kier molecular flexibility index (Phi) is 10.4. The van der Waals surface area contributed by atoms with Crippen molar-refractivity contribution in [2.75, 3.05) is 7.11 Å². The molecule has 0 saturated heterocycles. The van der Waals surface area contributed by atoms with Gasteiger partial charge in [-0.15, -0.1) is 0 Å². The Hall–Kier alpha value is -4.05. The van der Waals surface area contributed by atoms with Crippen LogP contribution in [0.5, 0.6) is 0 Å². The Balaban J connectivity index is 2.20. The van der Waals surface area contributed by atoms with E-state index >= 15 is 0 Å². The van der Waals surface area contributed by atoms with E-state index < -0.39 is 53.8 Å². The van der Waals surface area contributed by atoms with Crippen molar-refractivity contribution in [3.05, 3.63) is 46.0 Å². The van der Waals surface area contributed by atoms with Crippen molar-refractivity contribution < 1.29 is 23.9 Å². The molecule has 5 atom stereocenters.